The predicted molar refractivity (Wildman–Crippen MR) is 88.7 cm³/mol. The second-order valence-electron chi connectivity index (χ2n) is 5.22. The van der Waals surface area contributed by atoms with Crippen molar-refractivity contribution in [1.82, 2.24) is 19.9 Å². The van der Waals surface area contributed by atoms with Gasteiger partial charge in [0.2, 0.25) is 11.9 Å². The van der Waals surface area contributed by atoms with Crippen molar-refractivity contribution >= 4 is 17.6 Å². The Hall–Kier alpha value is -3.50. The molecule has 1 aromatic carbocycles. The molecule has 2 aromatic heterocycles. The first-order valence-corrected chi connectivity index (χ1v) is 7.42. The van der Waals surface area contributed by atoms with E-state index < -0.39 is 17.7 Å². The standard InChI is InChI=1S/C16H12F4N6O/c1-27-10-4-2-3-9(12(10)17)13-24-14(21)26-15(25-13)23-8-5-6-22-11(7-8)16(18,19)20/h2-7H,1H3,(H3,21,22,23,24,25,26). The average Bonchev–Trinajstić information content (AvgIpc) is 2.61. The number of alkyl halides is 3. The van der Waals surface area contributed by atoms with Crippen LogP contribution in [0.4, 0.5) is 35.1 Å². The molecule has 27 heavy (non-hydrogen) atoms. The fourth-order valence-corrected chi connectivity index (χ4v) is 2.20. The minimum Gasteiger partial charge on any atom is -0.494 e. The molecule has 7 nitrogen and oxygen atoms in total. The van der Waals surface area contributed by atoms with E-state index in [9.17, 15) is 17.6 Å². The van der Waals surface area contributed by atoms with Crippen LogP contribution in [0.1, 0.15) is 5.69 Å². The van der Waals surface area contributed by atoms with Gasteiger partial charge < -0.3 is 15.8 Å². The number of nitrogens with two attached hydrogens (primary N) is 1. The Morgan fingerprint density at radius 3 is 2.59 bits per heavy atom. The van der Waals surface area contributed by atoms with Gasteiger partial charge >= 0.3 is 6.18 Å². The first kappa shape index (κ1) is 18.3. The van der Waals surface area contributed by atoms with Crippen molar-refractivity contribution in [2.24, 2.45) is 0 Å². The molecule has 11 heteroatoms. The Kier molecular flexibility index (Phi) is 4.75. The summed E-state index contributed by atoms with van der Waals surface area (Å²) in [6.07, 6.45) is -3.62. The number of pyridine rings is 1. The molecule has 0 amide bonds. The normalized spacial score (nSPS) is 11.3. The van der Waals surface area contributed by atoms with E-state index in [-0.39, 0.29) is 34.7 Å². The molecule has 0 saturated carbocycles. The number of nitrogens with zero attached hydrogens (tertiary/aromatic N) is 4. The summed E-state index contributed by atoms with van der Waals surface area (Å²) in [7, 11) is 1.30. The second-order valence-corrected chi connectivity index (χ2v) is 5.22. The van der Waals surface area contributed by atoms with Crippen molar-refractivity contribution in [3.63, 3.8) is 0 Å². The molecule has 0 aliphatic heterocycles. The van der Waals surface area contributed by atoms with Crippen LogP contribution in [0.15, 0.2) is 36.5 Å². The average molecular weight is 380 g/mol. The van der Waals surface area contributed by atoms with Gasteiger partial charge in [-0.25, -0.2) is 4.39 Å². The number of hydrogen-bond acceptors (Lipinski definition) is 7. The van der Waals surface area contributed by atoms with Crippen molar-refractivity contribution in [1.29, 1.82) is 0 Å². The topological polar surface area (TPSA) is 98.8 Å². The monoisotopic (exact) mass is 380 g/mol. The van der Waals surface area contributed by atoms with Crippen molar-refractivity contribution in [3.05, 3.63) is 48.0 Å². The Morgan fingerprint density at radius 1 is 1.11 bits per heavy atom. The van der Waals surface area contributed by atoms with Crippen LogP contribution < -0.4 is 15.8 Å². The number of hydrogen-bond donors (Lipinski definition) is 2. The second kappa shape index (κ2) is 7.02. The summed E-state index contributed by atoms with van der Waals surface area (Å²) in [5.74, 6) is -1.23. The third-order valence-electron chi connectivity index (χ3n) is 3.38. The van der Waals surface area contributed by atoms with E-state index >= 15 is 0 Å². The van der Waals surface area contributed by atoms with E-state index in [0.717, 1.165) is 12.3 Å². The van der Waals surface area contributed by atoms with E-state index in [2.05, 4.69) is 25.3 Å². The first-order valence-electron chi connectivity index (χ1n) is 7.42. The van der Waals surface area contributed by atoms with Gasteiger partial charge in [-0.05, 0) is 24.3 Å². The Labute approximate surface area is 150 Å². The molecule has 0 saturated heterocycles. The quantitative estimate of drug-likeness (QED) is 0.669. The molecular weight excluding hydrogens is 368 g/mol. The molecule has 2 heterocycles. The number of nitrogens with one attached hydrogen (secondary N) is 1. The SMILES string of the molecule is COc1cccc(-c2nc(N)nc(Nc3ccnc(C(F)(F)F)c3)n2)c1F. The summed E-state index contributed by atoms with van der Waals surface area (Å²) in [5.41, 5.74) is 4.56. The number of rotatable bonds is 4. The van der Waals surface area contributed by atoms with Crippen molar-refractivity contribution < 1.29 is 22.3 Å². The van der Waals surface area contributed by atoms with Crippen LogP contribution in [-0.4, -0.2) is 27.0 Å². The summed E-state index contributed by atoms with van der Waals surface area (Å²) >= 11 is 0. The van der Waals surface area contributed by atoms with Gasteiger partial charge in [0.15, 0.2) is 17.4 Å². The van der Waals surface area contributed by atoms with Gasteiger partial charge in [0, 0.05) is 11.9 Å². The maximum absolute atomic E-state index is 14.4. The van der Waals surface area contributed by atoms with E-state index in [1.54, 1.807) is 0 Å². The van der Waals surface area contributed by atoms with Gasteiger partial charge in [-0.2, -0.15) is 28.1 Å². The number of benzene rings is 1. The molecular formula is C16H12F4N6O. The first-order chi connectivity index (χ1) is 12.8. The Bertz CT molecular complexity index is 979. The Balaban J connectivity index is 1.98. The summed E-state index contributed by atoms with van der Waals surface area (Å²) in [4.78, 5) is 15.0. The summed E-state index contributed by atoms with van der Waals surface area (Å²) in [5, 5.41) is 2.58. The zero-order chi connectivity index (χ0) is 19.6. The van der Waals surface area contributed by atoms with Crippen LogP contribution >= 0.6 is 0 Å². The molecule has 0 fully saturated rings. The lowest BCUT2D eigenvalue weighted by molar-refractivity contribution is -0.141. The van der Waals surface area contributed by atoms with Crippen molar-refractivity contribution in [3.8, 4) is 17.1 Å². The lowest BCUT2D eigenvalue weighted by Gasteiger charge is -2.11. The fraction of sp³-hybridized carbons (Fsp3) is 0.125. The van der Waals surface area contributed by atoms with Gasteiger partial charge in [0.1, 0.15) is 5.69 Å². The number of ether oxygens (including phenoxy) is 1. The van der Waals surface area contributed by atoms with Crippen LogP contribution in [0.2, 0.25) is 0 Å². The molecule has 0 aliphatic rings. The maximum Gasteiger partial charge on any atom is 0.433 e. The Morgan fingerprint density at radius 2 is 1.89 bits per heavy atom. The zero-order valence-electron chi connectivity index (χ0n) is 13.8. The highest BCUT2D eigenvalue weighted by atomic mass is 19.4. The largest absolute Gasteiger partial charge is 0.494 e. The smallest absolute Gasteiger partial charge is 0.433 e. The highest BCUT2D eigenvalue weighted by Crippen LogP contribution is 2.30. The minimum absolute atomic E-state index is 0.00258. The highest BCUT2D eigenvalue weighted by Gasteiger charge is 2.32. The van der Waals surface area contributed by atoms with E-state index in [1.807, 2.05) is 0 Å². The third-order valence-corrected chi connectivity index (χ3v) is 3.38. The molecule has 3 rings (SSSR count). The molecule has 0 atom stereocenters. The van der Waals surface area contributed by atoms with Crippen molar-refractivity contribution in [2.75, 3.05) is 18.2 Å². The third kappa shape index (κ3) is 4.02. The predicted octanol–water partition coefficient (Wildman–Crippen LogP) is 3.43. The maximum atomic E-state index is 14.4. The van der Waals surface area contributed by atoms with Crippen LogP contribution in [0, 0.1) is 5.82 Å². The summed E-state index contributed by atoms with van der Waals surface area (Å²) in [6, 6.07) is 6.43. The van der Waals surface area contributed by atoms with Crippen molar-refractivity contribution in [2.45, 2.75) is 6.18 Å². The zero-order valence-corrected chi connectivity index (χ0v) is 13.8. The number of methoxy groups -OCH3 is 1. The van der Waals surface area contributed by atoms with Crippen LogP contribution in [0.5, 0.6) is 5.75 Å². The van der Waals surface area contributed by atoms with Crippen LogP contribution in [0.3, 0.4) is 0 Å². The molecule has 3 N–H and O–H groups in total. The fourth-order valence-electron chi connectivity index (χ4n) is 2.20. The molecule has 0 radical (unpaired) electrons. The molecule has 0 bridgehead atoms. The van der Waals surface area contributed by atoms with E-state index in [0.29, 0.717) is 0 Å². The number of aromatic nitrogens is 4. The van der Waals surface area contributed by atoms with Gasteiger partial charge in [-0.15, -0.1) is 0 Å². The van der Waals surface area contributed by atoms with Gasteiger partial charge in [-0.3, -0.25) is 4.98 Å². The minimum atomic E-state index is -4.61. The summed E-state index contributed by atoms with van der Waals surface area (Å²) in [6.45, 7) is 0. The van der Waals surface area contributed by atoms with Gasteiger partial charge in [-0.1, -0.05) is 6.07 Å². The molecule has 0 unspecified atom stereocenters. The molecule has 0 spiro atoms. The van der Waals surface area contributed by atoms with Crippen LogP contribution in [0.25, 0.3) is 11.4 Å². The highest BCUT2D eigenvalue weighted by molar-refractivity contribution is 5.63. The number of anilines is 3. The molecule has 3 aromatic rings. The number of nitrogen functional groups attached to an aromatic ring is 1. The summed E-state index contributed by atoms with van der Waals surface area (Å²) < 4.78 is 57.6. The lowest BCUT2D eigenvalue weighted by atomic mass is 10.2. The lowest BCUT2D eigenvalue weighted by Crippen LogP contribution is -2.09. The number of halogens is 4. The van der Waals surface area contributed by atoms with Gasteiger partial charge in [0.25, 0.3) is 0 Å². The van der Waals surface area contributed by atoms with E-state index in [1.165, 1.54) is 31.4 Å². The molecule has 140 valence electrons. The van der Waals surface area contributed by atoms with E-state index in [4.69, 9.17) is 10.5 Å². The van der Waals surface area contributed by atoms with Crippen LogP contribution in [-0.2, 0) is 6.18 Å². The molecule has 0 aliphatic carbocycles. The van der Waals surface area contributed by atoms with Gasteiger partial charge in [0.05, 0.1) is 12.7 Å².